The van der Waals surface area contributed by atoms with E-state index in [1.54, 1.807) is 37.8 Å². The fraction of sp³-hybridized carbons (Fsp3) is 0.115. The van der Waals surface area contributed by atoms with Crippen molar-refractivity contribution in [1.82, 2.24) is 19.9 Å². The van der Waals surface area contributed by atoms with Gasteiger partial charge in [0.05, 0.1) is 12.0 Å². The molecule has 2 aromatic heterocycles. The minimum absolute atomic E-state index is 0.141. The number of imidazole rings is 1. The molecule has 4 aromatic rings. The summed E-state index contributed by atoms with van der Waals surface area (Å²) in [5.74, 6) is -0.713. The van der Waals surface area contributed by atoms with Gasteiger partial charge in [0.25, 0.3) is 0 Å². The molecule has 9 nitrogen and oxygen atoms in total. The molecule has 204 valence electrons. The van der Waals surface area contributed by atoms with E-state index in [1.165, 1.54) is 31.6 Å². The number of hydrogen-bond donors (Lipinski definition) is 3. The highest BCUT2D eigenvalue weighted by Gasteiger charge is 2.31. The number of aromatic amines is 1. The zero-order valence-corrected chi connectivity index (χ0v) is 20.9. The number of halogens is 4. The van der Waals surface area contributed by atoms with Crippen LogP contribution >= 0.6 is 0 Å². The lowest BCUT2D eigenvalue weighted by Gasteiger charge is -2.10. The van der Waals surface area contributed by atoms with Gasteiger partial charge < -0.3 is 20.8 Å². The number of ether oxygens (including phenoxy) is 1. The number of hydrogen-bond acceptors (Lipinski definition) is 8. The number of alkyl halides is 3. The molecule has 4 rings (SSSR count). The van der Waals surface area contributed by atoms with Gasteiger partial charge in [0.1, 0.15) is 35.4 Å². The van der Waals surface area contributed by atoms with Crippen LogP contribution in [0.2, 0.25) is 0 Å². The monoisotopic (exact) mass is 543 g/mol. The molecule has 0 aliphatic carbocycles. The second-order valence-corrected chi connectivity index (χ2v) is 7.11. The van der Waals surface area contributed by atoms with E-state index in [-0.39, 0.29) is 11.4 Å². The van der Waals surface area contributed by atoms with E-state index in [9.17, 15) is 22.4 Å². The number of allylic oxidation sites excluding steroid dienone is 2. The molecular formula is C26H25F4N7O2. The first kappa shape index (κ1) is 30.3. The maximum absolute atomic E-state index is 13.8. The lowest BCUT2D eigenvalue weighted by Crippen LogP contribution is -2.17. The van der Waals surface area contributed by atoms with Crippen molar-refractivity contribution in [2.24, 2.45) is 10.7 Å². The number of aldehydes is 1. The van der Waals surface area contributed by atoms with Crippen molar-refractivity contribution in [3.05, 3.63) is 96.1 Å². The Labute approximate surface area is 221 Å². The highest BCUT2D eigenvalue weighted by Crippen LogP contribution is 2.29. The van der Waals surface area contributed by atoms with E-state index in [4.69, 9.17) is 0 Å². The molecule has 2 heterocycles. The van der Waals surface area contributed by atoms with E-state index >= 15 is 0 Å². The van der Waals surface area contributed by atoms with Crippen LogP contribution in [0.4, 0.5) is 23.2 Å². The van der Waals surface area contributed by atoms with E-state index in [1.807, 2.05) is 6.08 Å². The number of H-pyrrole nitrogens is 1. The number of carbonyl (C=O) groups excluding carboxylic acids is 1. The fourth-order valence-electron chi connectivity index (χ4n) is 3.15. The Morgan fingerprint density at radius 3 is 2.59 bits per heavy atom. The van der Waals surface area contributed by atoms with Gasteiger partial charge in [-0.15, -0.1) is 13.2 Å². The zero-order chi connectivity index (χ0) is 28.8. The molecular weight excluding hydrogens is 518 g/mol. The Morgan fingerprint density at radius 1 is 1.15 bits per heavy atom. The zero-order valence-electron chi connectivity index (χ0n) is 20.9. The van der Waals surface area contributed by atoms with E-state index in [0.29, 0.717) is 28.8 Å². The van der Waals surface area contributed by atoms with Crippen LogP contribution in [0, 0.1) is 5.82 Å². The number of rotatable bonds is 7. The van der Waals surface area contributed by atoms with Crippen LogP contribution in [0.5, 0.6) is 5.75 Å². The molecule has 0 fully saturated rings. The molecule has 0 unspecified atom stereocenters. The van der Waals surface area contributed by atoms with Gasteiger partial charge in [-0.05, 0) is 49.7 Å². The van der Waals surface area contributed by atoms with Crippen molar-refractivity contribution in [2.75, 3.05) is 19.4 Å². The largest absolute Gasteiger partial charge is 0.573 e. The number of aliphatic imine (C=N–C) groups is 1. The normalized spacial score (nSPS) is 11.2. The number of carbonyl (C=O) groups is 1. The van der Waals surface area contributed by atoms with Gasteiger partial charge in [-0.25, -0.2) is 19.3 Å². The van der Waals surface area contributed by atoms with Crippen molar-refractivity contribution in [1.29, 1.82) is 0 Å². The molecule has 0 bridgehead atoms. The number of benzene rings is 2. The average Bonchev–Trinajstić information content (AvgIpc) is 3.42. The molecule has 2 aromatic carbocycles. The highest BCUT2D eigenvalue weighted by molar-refractivity contribution is 5.91. The second kappa shape index (κ2) is 14.7. The predicted molar refractivity (Wildman–Crippen MR) is 142 cm³/mol. The summed E-state index contributed by atoms with van der Waals surface area (Å²) in [4.78, 5) is 29.6. The molecule has 0 atom stereocenters. The van der Waals surface area contributed by atoms with E-state index in [0.717, 1.165) is 23.3 Å². The number of nitrogens with one attached hydrogen (secondary N) is 2. The minimum atomic E-state index is -4.72. The standard InChI is InChI=1S/C17H15FN6.C8H5F3O2.CH5N/c1-19-7-3-4-12(11-5-6-13(18)14(8-11)20-2)15-16-17(23-9-21-15)24-10-22-16;9-8(10,11)13-7-3-1-2-6(4-7)5-12;1-2/h3-10,20H,1H2,2H3,(H,21,22,23,24);1-5H;2H2,1H3/b7-3-,12-4+;;. The summed E-state index contributed by atoms with van der Waals surface area (Å²) < 4.78 is 52.4. The van der Waals surface area contributed by atoms with Gasteiger partial charge in [0.15, 0.2) is 5.65 Å². The molecule has 0 amide bonds. The molecule has 0 saturated carbocycles. The average molecular weight is 544 g/mol. The van der Waals surface area contributed by atoms with Gasteiger partial charge in [0, 0.05) is 24.4 Å². The van der Waals surface area contributed by atoms with Crippen molar-refractivity contribution >= 4 is 35.4 Å². The van der Waals surface area contributed by atoms with Gasteiger partial charge >= 0.3 is 6.36 Å². The number of aromatic nitrogens is 4. The minimum Gasteiger partial charge on any atom is -0.406 e. The van der Waals surface area contributed by atoms with Crippen LogP contribution in [0.3, 0.4) is 0 Å². The van der Waals surface area contributed by atoms with Crippen LogP contribution < -0.4 is 15.8 Å². The van der Waals surface area contributed by atoms with Gasteiger partial charge in [0.2, 0.25) is 0 Å². The molecule has 0 spiro atoms. The van der Waals surface area contributed by atoms with Crippen LogP contribution in [0.25, 0.3) is 16.7 Å². The van der Waals surface area contributed by atoms with Crippen molar-refractivity contribution in [3.63, 3.8) is 0 Å². The SMILES string of the molecule is C=N/C=C\C=C(/c1ccc(F)c(NC)c1)c1ncnc2nc[nH]c12.CN.O=Cc1cccc(OC(F)(F)F)c1. The van der Waals surface area contributed by atoms with Crippen molar-refractivity contribution in [2.45, 2.75) is 6.36 Å². The number of nitrogens with two attached hydrogens (primary N) is 1. The lowest BCUT2D eigenvalue weighted by molar-refractivity contribution is -0.274. The third-order valence-corrected chi connectivity index (χ3v) is 4.71. The Balaban J connectivity index is 0.000000301. The molecule has 4 N–H and O–H groups in total. The Morgan fingerprint density at radius 2 is 1.92 bits per heavy atom. The van der Waals surface area contributed by atoms with E-state index in [2.05, 4.69) is 47.4 Å². The number of fused-ring (bicyclic) bond motifs is 1. The summed E-state index contributed by atoms with van der Waals surface area (Å²) in [7, 11) is 3.17. The maximum Gasteiger partial charge on any atom is 0.573 e. The van der Waals surface area contributed by atoms with Gasteiger partial charge in [-0.1, -0.05) is 24.3 Å². The topological polar surface area (TPSA) is 131 Å². The first-order valence-electron chi connectivity index (χ1n) is 11.1. The highest BCUT2D eigenvalue weighted by atomic mass is 19.4. The van der Waals surface area contributed by atoms with Crippen molar-refractivity contribution < 1.29 is 27.1 Å². The first-order chi connectivity index (χ1) is 18.8. The summed E-state index contributed by atoms with van der Waals surface area (Å²) in [5.41, 5.74) is 8.56. The Kier molecular flexibility index (Phi) is 11.5. The quantitative estimate of drug-likeness (QED) is 0.127. The maximum atomic E-state index is 13.8. The number of anilines is 1. The second-order valence-electron chi connectivity index (χ2n) is 7.11. The Bertz CT molecular complexity index is 1450. The third kappa shape index (κ3) is 8.86. The van der Waals surface area contributed by atoms with Crippen LogP contribution in [0.15, 0.2) is 78.5 Å². The molecule has 0 saturated heterocycles. The van der Waals surface area contributed by atoms with Gasteiger partial charge in [-0.2, -0.15) is 0 Å². The van der Waals surface area contributed by atoms with Crippen molar-refractivity contribution in [3.8, 4) is 5.75 Å². The molecule has 0 radical (unpaired) electrons. The summed E-state index contributed by atoms with van der Waals surface area (Å²) in [6.45, 7) is 3.42. The Hall–Kier alpha value is -4.91. The first-order valence-corrected chi connectivity index (χ1v) is 11.1. The van der Waals surface area contributed by atoms with Crippen LogP contribution in [-0.2, 0) is 0 Å². The van der Waals surface area contributed by atoms with E-state index < -0.39 is 12.1 Å². The summed E-state index contributed by atoms with van der Waals surface area (Å²) in [6.07, 6.45) is 3.88. The van der Waals surface area contributed by atoms with Crippen LogP contribution in [-0.4, -0.2) is 53.4 Å². The third-order valence-electron chi connectivity index (χ3n) is 4.71. The number of nitrogens with zero attached hydrogens (tertiary/aromatic N) is 4. The molecule has 39 heavy (non-hydrogen) atoms. The summed E-state index contributed by atoms with van der Waals surface area (Å²) >= 11 is 0. The molecule has 0 aliphatic rings. The fourth-order valence-corrected chi connectivity index (χ4v) is 3.15. The molecule has 0 aliphatic heterocycles. The summed E-state index contributed by atoms with van der Waals surface area (Å²) in [5, 5.41) is 2.84. The predicted octanol–water partition coefficient (Wildman–Crippen LogP) is 5.15. The lowest BCUT2D eigenvalue weighted by atomic mass is 10.0. The van der Waals surface area contributed by atoms with Gasteiger partial charge in [-0.3, -0.25) is 9.79 Å². The molecule has 13 heteroatoms. The van der Waals surface area contributed by atoms with Crippen LogP contribution in [0.1, 0.15) is 21.6 Å². The smallest absolute Gasteiger partial charge is 0.406 e. The summed E-state index contributed by atoms with van der Waals surface area (Å²) in [6, 6.07) is 9.67.